The highest BCUT2D eigenvalue weighted by Gasteiger charge is 2.13. The van der Waals surface area contributed by atoms with Crippen LogP contribution in [0.25, 0.3) is 17.5 Å². The lowest BCUT2D eigenvalue weighted by molar-refractivity contribution is 0.104. The number of carbonyl (C=O) groups excluding carboxylic acids is 1. The smallest absolute Gasteiger partial charge is 0.206 e. The van der Waals surface area contributed by atoms with E-state index >= 15 is 0 Å². The Morgan fingerprint density at radius 2 is 2.10 bits per heavy atom. The molecular weight excluding hydrogens is 284 g/mol. The average Bonchev–Trinajstić information content (AvgIpc) is 3.15. The number of rotatable bonds is 4. The minimum atomic E-state index is -0.154. The van der Waals surface area contributed by atoms with Crippen LogP contribution in [0, 0.1) is 6.92 Å². The number of aromatic amines is 1. The number of H-pyrrole nitrogens is 1. The second kappa shape index (κ2) is 5.80. The number of allylic oxidation sites excluding steroid dienone is 1. The van der Waals surface area contributed by atoms with Gasteiger partial charge in [-0.15, -0.1) is 5.10 Å². The van der Waals surface area contributed by atoms with Crippen molar-refractivity contribution in [1.82, 2.24) is 19.6 Å². The summed E-state index contributed by atoms with van der Waals surface area (Å²) in [5.41, 5.74) is 2.80. The Kier molecular flexibility index (Phi) is 3.70. The third-order valence-electron chi connectivity index (χ3n) is 2.95. The van der Waals surface area contributed by atoms with Crippen LogP contribution in [0.15, 0.2) is 41.8 Å². The number of nitrogens with zero attached hydrogens (tertiary/aromatic N) is 3. The summed E-state index contributed by atoms with van der Waals surface area (Å²) < 4.78 is 3.74. The molecule has 0 fully saturated rings. The predicted molar refractivity (Wildman–Crippen MR) is 82.0 cm³/mol. The quantitative estimate of drug-likeness (QED) is 0.593. The Balaban J connectivity index is 1.86. The summed E-state index contributed by atoms with van der Waals surface area (Å²) in [6, 6.07) is 9.70. The van der Waals surface area contributed by atoms with Crippen molar-refractivity contribution in [2.24, 2.45) is 0 Å². The molecule has 104 valence electrons. The van der Waals surface area contributed by atoms with Crippen LogP contribution in [0.3, 0.4) is 0 Å². The summed E-state index contributed by atoms with van der Waals surface area (Å²) in [6.45, 7) is 1.84. The SMILES string of the molecule is Cc1[nH]c(-c2ccccc2)nc1C(=O)/C=C/c1csnn1. The second-order valence-electron chi connectivity index (χ2n) is 4.45. The summed E-state index contributed by atoms with van der Waals surface area (Å²) in [5, 5.41) is 5.63. The topological polar surface area (TPSA) is 71.5 Å². The number of imidazole rings is 1. The monoisotopic (exact) mass is 296 g/mol. The minimum Gasteiger partial charge on any atom is -0.341 e. The zero-order chi connectivity index (χ0) is 14.7. The van der Waals surface area contributed by atoms with Crippen LogP contribution in [0.4, 0.5) is 0 Å². The normalized spacial score (nSPS) is 11.1. The maximum absolute atomic E-state index is 12.2. The van der Waals surface area contributed by atoms with Crippen LogP contribution in [-0.4, -0.2) is 25.3 Å². The fraction of sp³-hybridized carbons (Fsp3) is 0.0667. The molecule has 0 saturated heterocycles. The molecule has 2 heterocycles. The molecule has 0 aliphatic carbocycles. The molecule has 0 radical (unpaired) electrons. The lowest BCUT2D eigenvalue weighted by atomic mass is 10.2. The third-order valence-corrected chi connectivity index (χ3v) is 3.47. The van der Waals surface area contributed by atoms with Gasteiger partial charge in [0.2, 0.25) is 5.78 Å². The average molecular weight is 296 g/mol. The highest BCUT2D eigenvalue weighted by atomic mass is 32.1. The van der Waals surface area contributed by atoms with Crippen molar-refractivity contribution < 1.29 is 4.79 Å². The van der Waals surface area contributed by atoms with Crippen LogP contribution >= 0.6 is 11.5 Å². The van der Waals surface area contributed by atoms with Gasteiger partial charge in [0.05, 0.1) is 5.69 Å². The van der Waals surface area contributed by atoms with Gasteiger partial charge >= 0.3 is 0 Å². The minimum absolute atomic E-state index is 0.154. The van der Waals surface area contributed by atoms with Crippen molar-refractivity contribution in [2.75, 3.05) is 0 Å². The first-order chi connectivity index (χ1) is 10.2. The van der Waals surface area contributed by atoms with E-state index in [0.29, 0.717) is 17.2 Å². The number of aryl methyl sites for hydroxylation is 1. The van der Waals surface area contributed by atoms with Crippen LogP contribution < -0.4 is 0 Å². The molecule has 0 aliphatic heterocycles. The van der Waals surface area contributed by atoms with E-state index in [1.54, 1.807) is 11.5 Å². The van der Waals surface area contributed by atoms with Gasteiger partial charge in [0.1, 0.15) is 11.5 Å². The zero-order valence-corrected chi connectivity index (χ0v) is 12.1. The first kappa shape index (κ1) is 13.4. The molecule has 0 aliphatic rings. The van der Waals surface area contributed by atoms with Gasteiger partial charge in [0.15, 0.2) is 0 Å². The van der Waals surface area contributed by atoms with Gasteiger partial charge < -0.3 is 4.98 Å². The Hall–Kier alpha value is -2.60. The molecule has 0 unspecified atom stereocenters. The molecule has 0 atom stereocenters. The van der Waals surface area contributed by atoms with Gasteiger partial charge in [-0.2, -0.15) is 0 Å². The number of aromatic nitrogens is 4. The van der Waals surface area contributed by atoms with E-state index in [9.17, 15) is 4.79 Å². The second-order valence-corrected chi connectivity index (χ2v) is 5.06. The largest absolute Gasteiger partial charge is 0.341 e. The molecule has 3 aromatic rings. The molecule has 1 aromatic carbocycles. The van der Waals surface area contributed by atoms with Crippen LogP contribution in [0.5, 0.6) is 0 Å². The van der Waals surface area contributed by atoms with Crippen molar-refractivity contribution in [3.8, 4) is 11.4 Å². The first-order valence-electron chi connectivity index (χ1n) is 6.35. The van der Waals surface area contributed by atoms with Crippen molar-refractivity contribution >= 4 is 23.4 Å². The van der Waals surface area contributed by atoms with E-state index < -0.39 is 0 Å². The number of benzene rings is 1. The summed E-state index contributed by atoms with van der Waals surface area (Å²) in [4.78, 5) is 19.7. The summed E-state index contributed by atoms with van der Waals surface area (Å²) in [5.74, 6) is 0.541. The highest BCUT2D eigenvalue weighted by Crippen LogP contribution is 2.18. The van der Waals surface area contributed by atoms with E-state index in [-0.39, 0.29) is 5.78 Å². The van der Waals surface area contributed by atoms with Crippen molar-refractivity contribution in [1.29, 1.82) is 0 Å². The molecule has 6 heteroatoms. The zero-order valence-electron chi connectivity index (χ0n) is 11.3. The Morgan fingerprint density at radius 1 is 1.29 bits per heavy atom. The predicted octanol–water partition coefficient (Wildman–Crippen LogP) is 3.13. The fourth-order valence-corrected chi connectivity index (χ4v) is 2.34. The Labute approximate surface area is 125 Å². The molecule has 3 rings (SSSR count). The maximum atomic E-state index is 12.2. The number of ketones is 1. The lowest BCUT2D eigenvalue weighted by Gasteiger charge is -1.93. The van der Waals surface area contributed by atoms with Gasteiger partial charge in [-0.25, -0.2) is 4.98 Å². The molecule has 5 nitrogen and oxygen atoms in total. The van der Waals surface area contributed by atoms with Gasteiger partial charge in [-0.1, -0.05) is 34.8 Å². The molecule has 1 N–H and O–H groups in total. The molecule has 0 bridgehead atoms. The summed E-state index contributed by atoms with van der Waals surface area (Å²) in [7, 11) is 0. The van der Waals surface area contributed by atoms with Gasteiger partial charge in [-0.05, 0) is 30.6 Å². The van der Waals surface area contributed by atoms with E-state index in [0.717, 1.165) is 11.3 Å². The van der Waals surface area contributed by atoms with Gasteiger partial charge in [0, 0.05) is 16.6 Å². The van der Waals surface area contributed by atoms with Gasteiger partial charge in [0.25, 0.3) is 0 Å². The van der Waals surface area contributed by atoms with Gasteiger partial charge in [-0.3, -0.25) is 4.79 Å². The van der Waals surface area contributed by atoms with E-state index in [1.807, 2.05) is 37.3 Å². The molecule has 2 aromatic heterocycles. The van der Waals surface area contributed by atoms with E-state index in [2.05, 4.69) is 19.6 Å². The van der Waals surface area contributed by atoms with E-state index in [4.69, 9.17) is 0 Å². The van der Waals surface area contributed by atoms with Crippen molar-refractivity contribution in [2.45, 2.75) is 6.92 Å². The third kappa shape index (κ3) is 2.95. The standard InChI is InChI=1S/C15H12N4OS/c1-10-14(13(20)8-7-12-9-21-19-18-12)17-15(16-10)11-5-3-2-4-6-11/h2-9H,1H3,(H,16,17)/b8-7+. The van der Waals surface area contributed by atoms with Crippen LogP contribution in [-0.2, 0) is 0 Å². The summed E-state index contributed by atoms with van der Waals surface area (Å²) >= 11 is 1.25. The fourth-order valence-electron chi connectivity index (χ4n) is 1.92. The van der Waals surface area contributed by atoms with Crippen LogP contribution in [0.1, 0.15) is 21.9 Å². The highest BCUT2D eigenvalue weighted by molar-refractivity contribution is 7.03. The van der Waals surface area contributed by atoms with Crippen molar-refractivity contribution in [3.63, 3.8) is 0 Å². The number of nitrogens with one attached hydrogen (secondary N) is 1. The number of hydrogen-bond acceptors (Lipinski definition) is 5. The first-order valence-corrected chi connectivity index (χ1v) is 7.19. The Bertz CT molecular complexity index is 775. The van der Waals surface area contributed by atoms with E-state index in [1.165, 1.54) is 17.6 Å². The van der Waals surface area contributed by atoms with Crippen LogP contribution in [0.2, 0.25) is 0 Å². The molecule has 0 amide bonds. The number of hydrogen-bond donors (Lipinski definition) is 1. The molecule has 0 saturated carbocycles. The molecular formula is C15H12N4OS. The Morgan fingerprint density at radius 3 is 2.81 bits per heavy atom. The molecule has 0 spiro atoms. The van der Waals surface area contributed by atoms with Crippen molar-refractivity contribution in [3.05, 3.63) is 58.9 Å². The maximum Gasteiger partial charge on any atom is 0.206 e. The number of carbonyl (C=O) groups is 1. The lowest BCUT2D eigenvalue weighted by Crippen LogP contribution is -1.97. The summed E-state index contributed by atoms with van der Waals surface area (Å²) in [6.07, 6.45) is 3.11. The molecule has 21 heavy (non-hydrogen) atoms.